The first-order valence-electron chi connectivity index (χ1n) is 7.00. The van der Waals surface area contributed by atoms with Gasteiger partial charge in [-0.1, -0.05) is 27.7 Å². The number of hydrogen-bond donors (Lipinski definition) is 1. The van der Waals surface area contributed by atoms with Crippen LogP contribution in [0.2, 0.25) is 0 Å². The van der Waals surface area contributed by atoms with Gasteiger partial charge in [-0.3, -0.25) is 0 Å². The average molecular weight is 222 g/mol. The second kappa shape index (κ2) is 2.85. The highest BCUT2D eigenvalue weighted by Gasteiger charge is 2.65. The van der Waals surface area contributed by atoms with Crippen LogP contribution in [-0.4, -0.2) is 10.7 Å². The van der Waals surface area contributed by atoms with Gasteiger partial charge in [-0.25, -0.2) is 0 Å². The highest BCUT2D eigenvalue weighted by molar-refractivity contribution is 5.15. The third-order valence-electron chi connectivity index (χ3n) is 6.25. The summed E-state index contributed by atoms with van der Waals surface area (Å²) in [5.41, 5.74) is 0.555. The van der Waals surface area contributed by atoms with Crippen molar-refractivity contribution in [2.45, 2.75) is 65.4 Å². The van der Waals surface area contributed by atoms with Crippen molar-refractivity contribution >= 4 is 0 Å². The Kier molecular flexibility index (Phi) is 1.98. The van der Waals surface area contributed by atoms with Gasteiger partial charge in [0.1, 0.15) is 0 Å². The van der Waals surface area contributed by atoms with Gasteiger partial charge in [-0.05, 0) is 60.7 Å². The van der Waals surface area contributed by atoms with Crippen molar-refractivity contribution in [1.29, 1.82) is 0 Å². The second-order valence-corrected chi connectivity index (χ2v) is 7.95. The van der Waals surface area contributed by atoms with Crippen molar-refractivity contribution in [3.8, 4) is 0 Å². The van der Waals surface area contributed by atoms with E-state index in [0.717, 1.165) is 12.3 Å². The normalized spacial score (nSPS) is 58.7. The summed E-state index contributed by atoms with van der Waals surface area (Å²) in [5.74, 6) is 1.96. The van der Waals surface area contributed by atoms with Crippen LogP contribution in [0.25, 0.3) is 0 Å². The highest BCUT2D eigenvalue weighted by atomic mass is 16.3. The van der Waals surface area contributed by atoms with Crippen LogP contribution in [0.4, 0.5) is 0 Å². The Morgan fingerprint density at radius 2 is 1.75 bits per heavy atom. The third kappa shape index (κ3) is 1.27. The molecule has 0 bridgehead atoms. The van der Waals surface area contributed by atoms with E-state index in [0.29, 0.717) is 22.7 Å². The second-order valence-electron chi connectivity index (χ2n) is 7.95. The molecular formula is C15H26O. The first-order chi connectivity index (χ1) is 7.28. The Labute approximate surface area is 99.6 Å². The highest BCUT2D eigenvalue weighted by Crippen LogP contribution is 2.70. The maximum Gasteiger partial charge on any atom is 0.0706 e. The van der Waals surface area contributed by atoms with Gasteiger partial charge in [0.25, 0.3) is 0 Å². The van der Waals surface area contributed by atoms with Gasteiger partial charge < -0.3 is 5.11 Å². The summed E-state index contributed by atoms with van der Waals surface area (Å²) in [4.78, 5) is 0. The zero-order chi connectivity index (χ0) is 11.8. The molecule has 1 nitrogen and oxygen atoms in total. The fourth-order valence-corrected chi connectivity index (χ4v) is 5.22. The fourth-order valence-electron chi connectivity index (χ4n) is 5.22. The zero-order valence-electron chi connectivity index (χ0n) is 11.2. The Morgan fingerprint density at radius 1 is 1.06 bits per heavy atom. The Morgan fingerprint density at radius 3 is 2.44 bits per heavy atom. The van der Waals surface area contributed by atoms with E-state index in [-0.39, 0.29) is 5.60 Å². The average Bonchev–Trinajstić information content (AvgIpc) is 2.78. The molecule has 5 atom stereocenters. The summed E-state index contributed by atoms with van der Waals surface area (Å²) in [7, 11) is 0. The molecule has 1 N–H and O–H groups in total. The zero-order valence-corrected chi connectivity index (χ0v) is 11.2. The van der Waals surface area contributed by atoms with Crippen LogP contribution in [-0.2, 0) is 0 Å². The first kappa shape index (κ1) is 11.1. The molecule has 3 fully saturated rings. The molecule has 0 aromatic carbocycles. The van der Waals surface area contributed by atoms with Crippen molar-refractivity contribution in [3.63, 3.8) is 0 Å². The van der Waals surface area contributed by atoms with E-state index in [4.69, 9.17) is 0 Å². The van der Waals surface area contributed by atoms with Crippen molar-refractivity contribution in [2.75, 3.05) is 0 Å². The molecule has 0 heterocycles. The molecule has 0 unspecified atom stereocenters. The summed E-state index contributed by atoms with van der Waals surface area (Å²) in [5, 5.41) is 11.0. The largest absolute Gasteiger partial charge is 0.389 e. The van der Waals surface area contributed by atoms with Crippen LogP contribution < -0.4 is 0 Å². The van der Waals surface area contributed by atoms with Gasteiger partial charge in [-0.2, -0.15) is 0 Å². The summed E-state index contributed by atoms with van der Waals surface area (Å²) < 4.78 is 0. The van der Waals surface area contributed by atoms with Crippen LogP contribution in [0.3, 0.4) is 0 Å². The topological polar surface area (TPSA) is 20.2 Å². The lowest BCUT2D eigenvalue weighted by Crippen LogP contribution is -2.42. The Hall–Kier alpha value is -0.0400. The monoisotopic (exact) mass is 222 g/mol. The van der Waals surface area contributed by atoms with Crippen molar-refractivity contribution in [2.24, 2.45) is 28.6 Å². The van der Waals surface area contributed by atoms with E-state index < -0.39 is 0 Å². The molecule has 0 saturated heterocycles. The van der Waals surface area contributed by atoms with Crippen LogP contribution in [0, 0.1) is 28.6 Å². The van der Waals surface area contributed by atoms with E-state index in [2.05, 4.69) is 27.7 Å². The molecule has 3 aliphatic rings. The molecule has 0 radical (unpaired) electrons. The SMILES string of the molecule is C[C@@H]1CC[C@@H]2C[C@@]3(C)C[C@H]3C(C)(C)C[C@@]21O. The van der Waals surface area contributed by atoms with E-state index in [1.165, 1.54) is 25.7 Å². The van der Waals surface area contributed by atoms with Crippen LogP contribution >= 0.6 is 0 Å². The lowest BCUT2D eigenvalue weighted by Gasteiger charge is -2.39. The number of hydrogen-bond acceptors (Lipinski definition) is 1. The van der Waals surface area contributed by atoms with Gasteiger partial charge in [0.15, 0.2) is 0 Å². The van der Waals surface area contributed by atoms with Gasteiger partial charge in [0.2, 0.25) is 0 Å². The predicted octanol–water partition coefficient (Wildman–Crippen LogP) is 3.61. The molecule has 0 aliphatic heterocycles. The van der Waals surface area contributed by atoms with Gasteiger partial charge in [-0.15, -0.1) is 0 Å². The molecule has 92 valence electrons. The minimum absolute atomic E-state index is 0.344. The maximum absolute atomic E-state index is 11.0. The number of fused-ring (bicyclic) bond motifs is 2. The predicted molar refractivity (Wildman–Crippen MR) is 66.1 cm³/mol. The van der Waals surface area contributed by atoms with E-state index in [9.17, 15) is 5.11 Å². The Bertz CT molecular complexity index is 321. The van der Waals surface area contributed by atoms with Gasteiger partial charge in [0.05, 0.1) is 5.60 Å². The third-order valence-corrected chi connectivity index (χ3v) is 6.25. The van der Waals surface area contributed by atoms with Gasteiger partial charge >= 0.3 is 0 Å². The first-order valence-corrected chi connectivity index (χ1v) is 7.00. The summed E-state index contributed by atoms with van der Waals surface area (Å²) in [6, 6.07) is 0. The lowest BCUT2D eigenvalue weighted by atomic mass is 9.72. The van der Waals surface area contributed by atoms with Crippen molar-refractivity contribution in [1.82, 2.24) is 0 Å². The van der Waals surface area contributed by atoms with Crippen molar-refractivity contribution in [3.05, 3.63) is 0 Å². The van der Waals surface area contributed by atoms with Crippen LogP contribution in [0.15, 0.2) is 0 Å². The smallest absolute Gasteiger partial charge is 0.0706 e. The van der Waals surface area contributed by atoms with E-state index in [1.54, 1.807) is 0 Å². The molecule has 1 heteroatoms. The minimum atomic E-state index is -0.347. The minimum Gasteiger partial charge on any atom is -0.389 e. The molecular weight excluding hydrogens is 196 g/mol. The maximum atomic E-state index is 11.0. The number of rotatable bonds is 0. The number of aliphatic hydroxyl groups is 1. The summed E-state index contributed by atoms with van der Waals surface area (Å²) >= 11 is 0. The summed E-state index contributed by atoms with van der Waals surface area (Å²) in [6.07, 6.45) is 6.21. The molecule has 0 aromatic rings. The summed E-state index contributed by atoms with van der Waals surface area (Å²) in [6.45, 7) is 9.48. The van der Waals surface area contributed by atoms with E-state index >= 15 is 0 Å². The molecule has 3 saturated carbocycles. The van der Waals surface area contributed by atoms with Crippen LogP contribution in [0.5, 0.6) is 0 Å². The molecule has 0 amide bonds. The van der Waals surface area contributed by atoms with Crippen molar-refractivity contribution < 1.29 is 5.11 Å². The molecule has 16 heavy (non-hydrogen) atoms. The van der Waals surface area contributed by atoms with Crippen LogP contribution in [0.1, 0.15) is 59.8 Å². The molecule has 3 rings (SSSR count). The quantitative estimate of drug-likeness (QED) is 0.664. The standard InChI is InChI=1S/C15H26O/c1-10-5-6-11-7-14(4)8-12(14)13(2,3)9-15(10,11)16/h10-12,16H,5-9H2,1-4H3/t10-,11-,12+,14+,15+/m1/s1. The van der Waals surface area contributed by atoms with E-state index in [1.807, 2.05) is 0 Å². The molecule has 3 aliphatic carbocycles. The Balaban J connectivity index is 1.97. The lowest BCUT2D eigenvalue weighted by molar-refractivity contribution is -0.0627. The van der Waals surface area contributed by atoms with Gasteiger partial charge in [0, 0.05) is 0 Å². The molecule has 0 spiro atoms. The fraction of sp³-hybridized carbons (Fsp3) is 1.00. The molecule has 0 aromatic heterocycles.